The summed E-state index contributed by atoms with van der Waals surface area (Å²) in [4.78, 5) is 3.97. The number of halogens is 1. The molecule has 1 aromatic carbocycles. The van der Waals surface area contributed by atoms with Gasteiger partial charge in [0.2, 0.25) is 0 Å². The summed E-state index contributed by atoms with van der Waals surface area (Å²) in [6.45, 7) is 0. The second-order valence-corrected chi connectivity index (χ2v) is 4.01. The lowest BCUT2D eigenvalue weighted by Gasteiger charge is -2.05. The first-order valence-electron chi connectivity index (χ1n) is 5.30. The van der Waals surface area contributed by atoms with Gasteiger partial charge in [-0.15, -0.1) is 5.10 Å². The molecule has 0 aliphatic rings. The number of para-hydroxylation sites is 1. The Balaban J connectivity index is 2.16. The summed E-state index contributed by atoms with van der Waals surface area (Å²) in [5, 5.41) is 12.3. The zero-order valence-electron chi connectivity index (χ0n) is 9.23. The van der Waals surface area contributed by atoms with Crippen molar-refractivity contribution >= 4 is 11.6 Å². The Morgan fingerprint density at radius 2 is 1.78 bits per heavy atom. The molecule has 0 N–H and O–H groups in total. The molecule has 2 aromatic heterocycles. The molecule has 0 radical (unpaired) electrons. The molecule has 6 heteroatoms. The van der Waals surface area contributed by atoms with E-state index in [2.05, 4.69) is 20.5 Å². The van der Waals surface area contributed by atoms with Crippen molar-refractivity contribution in [1.82, 2.24) is 25.2 Å². The number of rotatable bonds is 2. The molecule has 0 unspecified atom stereocenters. The van der Waals surface area contributed by atoms with E-state index in [0.717, 1.165) is 11.3 Å². The predicted octanol–water partition coefficient (Wildman–Crippen LogP) is 2.38. The lowest BCUT2D eigenvalue weighted by molar-refractivity contribution is 0.791. The molecular formula is C12H8ClN5. The number of hydrogen-bond donors (Lipinski definition) is 0. The topological polar surface area (TPSA) is 56.5 Å². The number of tetrazole rings is 1. The van der Waals surface area contributed by atoms with E-state index >= 15 is 0 Å². The Kier molecular flexibility index (Phi) is 2.74. The summed E-state index contributed by atoms with van der Waals surface area (Å²) in [6, 6.07) is 11.1. The van der Waals surface area contributed by atoms with Crippen LogP contribution in [0.5, 0.6) is 0 Å². The van der Waals surface area contributed by atoms with E-state index in [9.17, 15) is 0 Å². The highest BCUT2D eigenvalue weighted by atomic mass is 35.5. The van der Waals surface area contributed by atoms with Crippen LogP contribution in [0.1, 0.15) is 0 Å². The summed E-state index contributed by atoms with van der Waals surface area (Å²) in [5.74, 6) is 0.630. The van der Waals surface area contributed by atoms with Crippen LogP contribution in [0.25, 0.3) is 17.1 Å². The van der Waals surface area contributed by atoms with E-state index in [-0.39, 0.29) is 0 Å². The highest BCUT2D eigenvalue weighted by molar-refractivity contribution is 6.32. The van der Waals surface area contributed by atoms with Crippen molar-refractivity contribution in [3.63, 3.8) is 0 Å². The van der Waals surface area contributed by atoms with Crippen LogP contribution in [0.2, 0.25) is 5.02 Å². The molecule has 0 saturated heterocycles. The average molecular weight is 258 g/mol. The molecule has 88 valence electrons. The van der Waals surface area contributed by atoms with Gasteiger partial charge in [-0.1, -0.05) is 23.7 Å². The van der Waals surface area contributed by atoms with Crippen molar-refractivity contribution in [2.24, 2.45) is 0 Å². The van der Waals surface area contributed by atoms with Gasteiger partial charge in [0.25, 0.3) is 0 Å². The molecule has 3 aromatic rings. The molecule has 0 aliphatic heterocycles. The van der Waals surface area contributed by atoms with Gasteiger partial charge in [-0.3, -0.25) is 4.98 Å². The third-order valence-corrected chi connectivity index (χ3v) is 2.81. The number of nitrogens with zero attached hydrogens (tertiary/aromatic N) is 5. The number of pyridine rings is 1. The highest BCUT2D eigenvalue weighted by Crippen LogP contribution is 2.23. The zero-order valence-corrected chi connectivity index (χ0v) is 9.99. The molecule has 0 bridgehead atoms. The third-order valence-electron chi connectivity index (χ3n) is 2.49. The van der Waals surface area contributed by atoms with Crippen LogP contribution in [0.3, 0.4) is 0 Å². The molecule has 0 atom stereocenters. The lowest BCUT2D eigenvalue weighted by Crippen LogP contribution is -2.00. The van der Waals surface area contributed by atoms with Gasteiger partial charge in [0.1, 0.15) is 0 Å². The van der Waals surface area contributed by atoms with Crippen LogP contribution in [-0.2, 0) is 0 Å². The van der Waals surface area contributed by atoms with Gasteiger partial charge in [0.05, 0.1) is 10.7 Å². The number of benzene rings is 1. The largest absolute Gasteiger partial charge is 0.265 e. The molecule has 5 nitrogen and oxygen atoms in total. The van der Waals surface area contributed by atoms with Crippen molar-refractivity contribution in [3.8, 4) is 17.1 Å². The van der Waals surface area contributed by atoms with Gasteiger partial charge in [0, 0.05) is 18.0 Å². The number of aromatic nitrogens is 5. The van der Waals surface area contributed by atoms with E-state index in [4.69, 9.17) is 11.6 Å². The van der Waals surface area contributed by atoms with Crippen molar-refractivity contribution in [3.05, 3.63) is 53.8 Å². The summed E-state index contributed by atoms with van der Waals surface area (Å²) < 4.78 is 1.61. The van der Waals surface area contributed by atoms with Crippen LogP contribution < -0.4 is 0 Å². The van der Waals surface area contributed by atoms with Crippen LogP contribution >= 0.6 is 11.6 Å². The van der Waals surface area contributed by atoms with Gasteiger partial charge >= 0.3 is 0 Å². The monoisotopic (exact) mass is 257 g/mol. The fraction of sp³-hybridized carbons (Fsp3) is 0. The van der Waals surface area contributed by atoms with Crippen LogP contribution in [0, 0.1) is 0 Å². The minimum atomic E-state index is 0.597. The van der Waals surface area contributed by atoms with E-state index in [1.807, 2.05) is 30.3 Å². The average Bonchev–Trinajstić information content (AvgIpc) is 2.89. The quantitative estimate of drug-likeness (QED) is 0.707. The van der Waals surface area contributed by atoms with Gasteiger partial charge in [0.15, 0.2) is 5.82 Å². The maximum atomic E-state index is 6.15. The first-order valence-corrected chi connectivity index (χ1v) is 5.68. The first kappa shape index (κ1) is 10.9. The molecule has 0 spiro atoms. The summed E-state index contributed by atoms with van der Waals surface area (Å²) in [7, 11) is 0. The fourth-order valence-electron chi connectivity index (χ4n) is 1.65. The fourth-order valence-corrected chi connectivity index (χ4v) is 1.87. The van der Waals surface area contributed by atoms with Crippen molar-refractivity contribution in [2.45, 2.75) is 0 Å². The van der Waals surface area contributed by atoms with Gasteiger partial charge in [-0.05, 0) is 34.7 Å². The Bertz CT molecular complexity index is 665. The van der Waals surface area contributed by atoms with E-state index in [1.54, 1.807) is 23.1 Å². The van der Waals surface area contributed by atoms with E-state index in [1.165, 1.54) is 0 Å². The first-order chi connectivity index (χ1) is 8.86. The van der Waals surface area contributed by atoms with Gasteiger partial charge in [-0.25, -0.2) is 0 Å². The highest BCUT2D eigenvalue weighted by Gasteiger charge is 2.12. The molecule has 18 heavy (non-hydrogen) atoms. The zero-order chi connectivity index (χ0) is 12.4. The van der Waals surface area contributed by atoms with Crippen LogP contribution in [0.4, 0.5) is 0 Å². The SMILES string of the molecule is Clc1ccccc1-n1nnnc1-c1ccncc1. The van der Waals surface area contributed by atoms with Crippen LogP contribution in [0.15, 0.2) is 48.8 Å². The third kappa shape index (κ3) is 1.84. The molecule has 0 fully saturated rings. The molecule has 0 saturated carbocycles. The van der Waals surface area contributed by atoms with Crippen molar-refractivity contribution < 1.29 is 0 Å². The minimum absolute atomic E-state index is 0.597. The molecule has 2 heterocycles. The van der Waals surface area contributed by atoms with Crippen molar-refractivity contribution in [2.75, 3.05) is 0 Å². The maximum Gasteiger partial charge on any atom is 0.187 e. The summed E-state index contributed by atoms with van der Waals surface area (Å²) >= 11 is 6.15. The van der Waals surface area contributed by atoms with E-state index in [0.29, 0.717) is 10.8 Å². The second-order valence-electron chi connectivity index (χ2n) is 3.60. The standard InChI is InChI=1S/C12H8ClN5/c13-10-3-1-2-4-11(10)18-12(15-16-17-18)9-5-7-14-8-6-9/h1-8H. The molecule has 0 amide bonds. The lowest BCUT2D eigenvalue weighted by atomic mass is 10.2. The molecule has 3 rings (SSSR count). The molecule has 0 aliphatic carbocycles. The maximum absolute atomic E-state index is 6.15. The van der Waals surface area contributed by atoms with E-state index < -0.39 is 0 Å². The predicted molar refractivity (Wildman–Crippen MR) is 67.4 cm³/mol. The van der Waals surface area contributed by atoms with Gasteiger partial charge < -0.3 is 0 Å². The Morgan fingerprint density at radius 3 is 2.56 bits per heavy atom. The normalized spacial score (nSPS) is 10.5. The van der Waals surface area contributed by atoms with Gasteiger partial charge in [-0.2, -0.15) is 4.68 Å². The van der Waals surface area contributed by atoms with Crippen LogP contribution in [-0.4, -0.2) is 25.2 Å². The smallest absolute Gasteiger partial charge is 0.187 e. The summed E-state index contributed by atoms with van der Waals surface area (Å²) in [6.07, 6.45) is 3.39. The number of hydrogen-bond acceptors (Lipinski definition) is 4. The summed E-state index contributed by atoms with van der Waals surface area (Å²) in [5.41, 5.74) is 1.63. The van der Waals surface area contributed by atoms with Crippen molar-refractivity contribution in [1.29, 1.82) is 0 Å². The Hall–Kier alpha value is -2.27. The Labute approximate surface area is 108 Å². The second kappa shape index (κ2) is 4.54. The molecular weight excluding hydrogens is 250 g/mol. The minimum Gasteiger partial charge on any atom is -0.265 e. The Morgan fingerprint density at radius 1 is 1.00 bits per heavy atom.